The van der Waals surface area contributed by atoms with Crippen molar-refractivity contribution in [3.63, 3.8) is 0 Å². The highest BCUT2D eigenvalue weighted by Crippen LogP contribution is 2.21. The van der Waals surface area contributed by atoms with E-state index in [4.69, 9.17) is 31.9 Å². The van der Waals surface area contributed by atoms with Gasteiger partial charge in [0, 0.05) is 66.4 Å². The fraction of sp³-hybridized carbons (Fsp3) is 0.444. The first-order valence-electron chi connectivity index (χ1n) is 19.1. The third-order valence-corrected chi connectivity index (χ3v) is 7.00. The van der Waals surface area contributed by atoms with Crippen molar-refractivity contribution in [1.29, 1.82) is 21.0 Å². The Bertz CT molecular complexity index is 2340. The number of aliphatic hydroxyl groups excluding tert-OH is 1. The van der Waals surface area contributed by atoms with E-state index in [1.54, 1.807) is 0 Å². The standard InChI is InChI=1S/C25H4.C8H16N2.C7H14N2.C7H13NO.C7H11NO/c1-3-5-7-9-11-13-15-17-19-21-23-25-24-22-20-18-16-14-12-10-8-6-4-2;1-8(2,7-10-3)5-4-6-9;3*1-7(2,6-9)4-3-5-8/h1-2H2;10H,4-5,7H2,1-3H3;3-4,6,9H2,1-2H3;9H,3-4,6H2,1-2H3;6H,3-4H2,1-2H3. The van der Waals surface area contributed by atoms with Crippen molar-refractivity contribution in [3.05, 3.63) is 145 Å². The number of nitrogens with zero attached hydrogens (tertiary/aromatic N) is 4. The van der Waals surface area contributed by atoms with Crippen LogP contribution in [-0.4, -0.2) is 38.1 Å². The van der Waals surface area contributed by atoms with Gasteiger partial charge in [-0.2, -0.15) is 21.0 Å². The maximum absolute atomic E-state index is 10.2. The second kappa shape index (κ2) is 45.9. The first-order valence-corrected chi connectivity index (χ1v) is 19.1. The lowest BCUT2D eigenvalue weighted by atomic mass is 9.88. The number of carbonyl (C=O) groups is 1. The average Bonchev–Trinajstić information content (AvgIpc) is 3.25. The van der Waals surface area contributed by atoms with Crippen LogP contribution in [0.15, 0.2) is 145 Å². The summed E-state index contributed by atoms with van der Waals surface area (Å²) in [6.45, 7) is 24.4. The van der Waals surface area contributed by atoms with Crippen LogP contribution in [0.4, 0.5) is 0 Å². The molecule has 0 saturated heterocycles. The van der Waals surface area contributed by atoms with Crippen LogP contribution >= 0.6 is 0 Å². The van der Waals surface area contributed by atoms with Gasteiger partial charge in [-0.3, -0.25) is 0 Å². The highest BCUT2D eigenvalue weighted by molar-refractivity contribution is 5.57. The van der Waals surface area contributed by atoms with Crippen molar-refractivity contribution < 1.29 is 9.90 Å². The smallest absolute Gasteiger partial charge is 0.125 e. The molecule has 0 aromatic rings. The van der Waals surface area contributed by atoms with Crippen LogP contribution < -0.4 is 11.1 Å². The van der Waals surface area contributed by atoms with E-state index in [2.05, 4.69) is 190 Å². The van der Waals surface area contributed by atoms with Crippen LogP contribution in [-0.2, 0) is 4.79 Å². The lowest BCUT2D eigenvalue weighted by molar-refractivity contribution is -0.114. The molecule has 0 aromatic carbocycles. The molecule has 0 rings (SSSR count). The summed E-state index contributed by atoms with van der Waals surface area (Å²) in [7, 11) is 1.94. The number of aliphatic hydroxyl groups is 1. The molecule has 0 unspecified atom stereocenters. The zero-order valence-corrected chi connectivity index (χ0v) is 38.0. The van der Waals surface area contributed by atoms with Gasteiger partial charge in [-0.05, 0) is 167 Å². The summed E-state index contributed by atoms with van der Waals surface area (Å²) in [6, 6.07) is 8.30. The van der Waals surface area contributed by atoms with E-state index in [0.29, 0.717) is 38.6 Å². The quantitative estimate of drug-likeness (QED) is 0.122. The lowest BCUT2D eigenvalue weighted by Crippen LogP contribution is -2.26. The molecular weight excluding hydrogens is 765 g/mol. The summed E-state index contributed by atoms with van der Waals surface area (Å²) in [6.07, 6.45) is 6.49. The topological polar surface area (TPSA) is 171 Å². The summed E-state index contributed by atoms with van der Waals surface area (Å²) < 4.78 is 0. The molecule has 0 aliphatic rings. The van der Waals surface area contributed by atoms with Crippen LogP contribution in [0.2, 0.25) is 0 Å². The van der Waals surface area contributed by atoms with Gasteiger partial charge in [0.25, 0.3) is 0 Å². The molecule has 0 atom stereocenters. The molecular formula is C54H58N6O2. The van der Waals surface area contributed by atoms with E-state index >= 15 is 0 Å². The molecule has 4 N–H and O–H groups in total. The van der Waals surface area contributed by atoms with Crippen molar-refractivity contribution in [2.75, 3.05) is 26.7 Å². The molecule has 0 radical (unpaired) electrons. The third-order valence-electron chi connectivity index (χ3n) is 7.00. The average molecular weight is 823 g/mol. The Balaban J connectivity index is -0.000000242. The zero-order valence-electron chi connectivity index (χ0n) is 38.0. The molecule has 316 valence electrons. The first-order chi connectivity index (χ1) is 29.4. The highest BCUT2D eigenvalue weighted by Gasteiger charge is 2.16. The first kappa shape index (κ1) is 63.4. The van der Waals surface area contributed by atoms with Crippen molar-refractivity contribution in [3.8, 4) is 24.3 Å². The number of carbonyl (C=O) groups excluding carboxylic acids is 1. The van der Waals surface area contributed by atoms with E-state index < -0.39 is 0 Å². The molecule has 0 aromatic heterocycles. The molecule has 8 heteroatoms. The van der Waals surface area contributed by atoms with Gasteiger partial charge in [0.15, 0.2) is 0 Å². The van der Waals surface area contributed by atoms with Crippen LogP contribution in [0.1, 0.15) is 107 Å². The van der Waals surface area contributed by atoms with Crippen molar-refractivity contribution in [2.45, 2.75) is 107 Å². The number of nitriles is 4. The van der Waals surface area contributed by atoms with Gasteiger partial charge in [0.05, 0.1) is 24.3 Å². The van der Waals surface area contributed by atoms with E-state index in [1.165, 1.54) is 0 Å². The summed E-state index contributed by atoms with van der Waals surface area (Å²) in [5.74, 6) is 0. The van der Waals surface area contributed by atoms with Gasteiger partial charge < -0.3 is 21.0 Å². The van der Waals surface area contributed by atoms with Crippen molar-refractivity contribution in [2.24, 2.45) is 27.4 Å². The molecule has 0 bridgehead atoms. The Hall–Kier alpha value is -7.81. The minimum Gasteiger partial charge on any atom is -0.396 e. The fourth-order valence-electron chi connectivity index (χ4n) is 3.05. The number of nitrogens with two attached hydrogens (primary N) is 1. The molecule has 0 amide bonds. The van der Waals surface area contributed by atoms with Crippen molar-refractivity contribution in [1.82, 2.24) is 5.32 Å². The van der Waals surface area contributed by atoms with Crippen LogP contribution in [0.25, 0.3) is 0 Å². The van der Waals surface area contributed by atoms with Crippen LogP contribution in [0.3, 0.4) is 0 Å². The molecule has 0 spiro atoms. The largest absolute Gasteiger partial charge is 0.396 e. The predicted molar refractivity (Wildman–Crippen MR) is 243 cm³/mol. The summed E-state index contributed by atoms with van der Waals surface area (Å²) in [5.41, 5.74) is 62.4. The lowest BCUT2D eigenvalue weighted by Gasteiger charge is -2.22. The molecule has 0 fully saturated rings. The van der Waals surface area contributed by atoms with Crippen molar-refractivity contribution >= 4 is 6.29 Å². The fourth-order valence-corrected chi connectivity index (χ4v) is 3.05. The summed E-state index contributed by atoms with van der Waals surface area (Å²) in [5, 5.41) is 44.7. The maximum atomic E-state index is 10.2. The van der Waals surface area contributed by atoms with Gasteiger partial charge in [0.2, 0.25) is 0 Å². The third kappa shape index (κ3) is 61.4. The highest BCUT2D eigenvalue weighted by atomic mass is 16.3. The Labute approximate surface area is 371 Å². The normalized spacial score (nSPS) is 7.98. The molecule has 0 aliphatic carbocycles. The van der Waals surface area contributed by atoms with E-state index in [9.17, 15) is 4.79 Å². The number of nitrogens with one attached hydrogen (secondary N) is 1. The molecule has 0 aliphatic heterocycles. The van der Waals surface area contributed by atoms with Gasteiger partial charge in [-0.1, -0.05) is 66.9 Å². The van der Waals surface area contributed by atoms with Crippen LogP contribution in [0.5, 0.6) is 0 Å². The van der Waals surface area contributed by atoms with E-state index in [-0.39, 0.29) is 28.3 Å². The Morgan fingerprint density at radius 1 is 0.484 bits per heavy atom. The second-order valence-electron chi connectivity index (χ2n) is 15.1. The molecule has 8 nitrogen and oxygen atoms in total. The zero-order chi connectivity index (χ0) is 48.3. The van der Waals surface area contributed by atoms with Crippen LogP contribution in [0, 0.1) is 67.0 Å². The van der Waals surface area contributed by atoms with Gasteiger partial charge >= 0.3 is 0 Å². The molecule has 0 heterocycles. The maximum Gasteiger partial charge on any atom is 0.125 e. The summed E-state index contributed by atoms with van der Waals surface area (Å²) >= 11 is 0. The van der Waals surface area contributed by atoms with Gasteiger partial charge in [0.1, 0.15) is 6.29 Å². The van der Waals surface area contributed by atoms with E-state index in [1.807, 2.05) is 46.9 Å². The molecule has 62 heavy (non-hydrogen) atoms. The minimum atomic E-state index is -0.310. The second-order valence-corrected chi connectivity index (χ2v) is 15.1. The Morgan fingerprint density at radius 2 is 0.742 bits per heavy atom. The van der Waals surface area contributed by atoms with E-state index in [0.717, 1.165) is 32.1 Å². The predicted octanol–water partition coefficient (Wildman–Crippen LogP) is 10.0. The Morgan fingerprint density at radius 3 is 0.968 bits per heavy atom. The van der Waals surface area contributed by atoms with Gasteiger partial charge in [-0.25, -0.2) is 0 Å². The number of rotatable bonds is 13. The monoisotopic (exact) mass is 822 g/mol. The summed E-state index contributed by atoms with van der Waals surface area (Å²) in [4.78, 5) is 10.2. The Kier molecular flexibility index (Phi) is 46.9. The number of hydrogen-bond donors (Lipinski definition) is 3. The minimum absolute atomic E-state index is 0.0737. The SMILES string of the molecule is C=C=C=C=C=C=C=C=C=C=C=C=C=C=C=C=C=C=C=C=C=C=C=C=C.CC(C)(C=O)CCC#N.CC(C)(CN)CCC#N.CC(C)(CO)CCC#N.CNCC(C)(C)CCC#N. The number of hydrogen-bond acceptors (Lipinski definition) is 8. The number of aldehydes is 1. The molecule has 0 saturated carbocycles. The van der Waals surface area contributed by atoms with Gasteiger partial charge in [-0.15, -0.1) is 0 Å².